The van der Waals surface area contributed by atoms with Gasteiger partial charge in [0.15, 0.2) is 0 Å². The zero-order chi connectivity index (χ0) is 64.1. The Morgan fingerprint density at radius 3 is 1.44 bits per heavy atom. The van der Waals surface area contributed by atoms with Crippen LogP contribution in [0, 0.1) is 22.9 Å². The summed E-state index contributed by atoms with van der Waals surface area (Å²) >= 11 is 2.50. The van der Waals surface area contributed by atoms with E-state index in [0.29, 0.717) is 11.5 Å². The predicted octanol–water partition coefficient (Wildman–Crippen LogP) is 22.4. The number of para-hydroxylation sites is 6. The van der Waals surface area contributed by atoms with Gasteiger partial charge in [-0.05, 0) is 75.3 Å². The quantitative estimate of drug-likeness (QED) is 0.135. The summed E-state index contributed by atoms with van der Waals surface area (Å²) in [6.07, 6.45) is 2.05. The summed E-state index contributed by atoms with van der Waals surface area (Å²) in [6.45, 7) is 22.9. The number of imidazole rings is 1. The molecule has 7 heteroatoms. The number of anilines is 6. The summed E-state index contributed by atoms with van der Waals surface area (Å²) in [5.74, 6) is 1.89. The van der Waals surface area contributed by atoms with Crippen LogP contribution in [0.2, 0.25) is 0 Å². The Hall–Kier alpha value is -9.87. The molecule has 6 nitrogen and oxygen atoms in total. The van der Waals surface area contributed by atoms with Gasteiger partial charge in [-0.15, -0.1) is 0 Å². The molecular weight excluding hydrogens is 1310 g/mol. The molecule has 15 rings (SSSR count). The molecule has 0 N–H and O–H groups in total. The average Bonchev–Trinajstić information content (AvgIpc) is 0.977. The smallest absolute Gasteiger partial charge is 0.310 e. The van der Waals surface area contributed by atoms with Crippen LogP contribution < -0.4 is 14.5 Å². The van der Waals surface area contributed by atoms with Crippen LogP contribution in [-0.2, 0) is 41.0 Å². The van der Waals surface area contributed by atoms with Crippen molar-refractivity contribution < 1.29 is 24.1 Å². The van der Waals surface area contributed by atoms with Crippen molar-refractivity contribution in [3.63, 3.8) is 0 Å². The fourth-order valence-electron chi connectivity index (χ4n) is 14.1. The first-order valence-electron chi connectivity index (χ1n) is 32.2. The van der Waals surface area contributed by atoms with Gasteiger partial charge in [-0.2, -0.15) is 0 Å². The molecule has 0 saturated carbocycles. The van der Waals surface area contributed by atoms with E-state index in [4.69, 9.17) is 9.72 Å². The fourth-order valence-corrected chi connectivity index (χ4v) is 15.2. The molecule has 1 spiro atoms. The van der Waals surface area contributed by atoms with E-state index in [1.807, 2.05) is 12.3 Å². The zero-order valence-electron chi connectivity index (χ0n) is 54.3. The number of rotatable bonds is 9. The third-order valence-corrected chi connectivity index (χ3v) is 19.8. The Labute approximate surface area is 558 Å². The van der Waals surface area contributed by atoms with E-state index < -0.39 is 5.41 Å². The zero-order valence-corrected chi connectivity index (χ0v) is 56.6. The molecule has 4 heterocycles. The van der Waals surface area contributed by atoms with E-state index in [-0.39, 0.29) is 16.2 Å². The molecule has 2 aliphatic heterocycles. The average molecular weight is 1390 g/mol. The molecule has 0 unspecified atom stereocenters. The third kappa shape index (κ3) is 10.1. The minimum absolute atomic E-state index is 0.0379. The molecule has 0 aliphatic carbocycles. The number of fused-ring (bicyclic) bond motifs is 9. The first-order valence-corrected chi connectivity index (χ1v) is 33.3. The minimum atomic E-state index is -0.827. The number of aromatic nitrogens is 3. The van der Waals surface area contributed by atoms with Crippen LogP contribution in [0.4, 0.5) is 34.3 Å². The van der Waals surface area contributed by atoms with Gasteiger partial charge in [0, 0.05) is 28.8 Å². The maximum atomic E-state index is 7.19. The molecule has 460 valence electrons. The number of ether oxygens (including phenoxy) is 1. The van der Waals surface area contributed by atoms with Crippen molar-refractivity contribution in [2.24, 2.45) is 0 Å². The van der Waals surface area contributed by atoms with Gasteiger partial charge in [-0.25, -0.2) is 0 Å². The van der Waals surface area contributed by atoms with Gasteiger partial charge in [0.05, 0.1) is 0 Å². The summed E-state index contributed by atoms with van der Waals surface area (Å²) in [5, 5.41) is 0. The van der Waals surface area contributed by atoms with Gasteiger partial charge in [0.1, 0.15) is 0 Å². The first-order chi connectivity index (χ1) is 44.9. The molecule has 2 aromatic heterocycles. The molecule has 0 saturated heterocycles. The summed E-state index contributed by atoms with van der Waals surface area (Å²) in [6, 6.07) is 100. The van der Waals surface area contributed by atoms with Gasteiger partial charge < -0.3 is 4.90 Å². The molecule has 0 bridgehead atoms. The summed E-state index contributed by atoms with van der Waals surface area (Å²) in [7, 11) is 0. The van der Waals surface area contributed by atoms with E-state index in [9.17, 15) is 0 Å². The maximum absolute atomic E-state index is 7.19. The molecule has 0 fully saturated rings. The van der Waals surface area contributed by atoms with Crippen molar-refractivity contribution in [3.05, 3.63) is 321 Å². The second-order valence-electron chi connectivity index (χ2n) is 27.8. The predicted molar refractivity (Wildman–Crippen MR) is 380 cm³/mol. The second-order valence-corrected chi connectivity index (χ2v) is 28.9. The molecule has 0 radical (unpaired) electrons. The van der Waals surface area contributed by atoms with E-state index in [1.165, 1.54) is 27.8 Å². The molecule has 11 aromatic carbocycles. The van der Waals surface area contributed by atoms with Crippen molar-refractivity contribution in [2.75, 3.05) is 9.80 Å². The first kappa shape index (κ1) is 59.4. The van der Waals surface area contributed by atoms with Gasteiger partial charge in [0.2, 0.25) is 0 Å². The normalized spacial score (nSPS) is 13.4. The number of benzene rings is 11. The standard InChI is InChI=1S/C86H73N5O.Pt/c1-57-49-81(87-55-70(57)60-43-45-61(46-44-60)83(2,3)4)91-77-40-22-19-37-73(77)86(71-35-17-20-38-75(71)90(76-39-21-18-36-72(76)86)65-51-62(84(5,6)7)50-63(52-65)85(8,9)10)74-48-47-67(54-80(74)91)92-66-32-25-31-64(53-66)88-56-89(79-42-24-23-41-78(79)88)82-68(58-27-13-11-14-28-58)33-26-34-69(82)59-29-15-12-16-30-59;/h11-52,55H,1-10H3;/q-2;. The van der Waals surface area contributed by atoms with Gasteiger partial charge in [-0.1, -0.05) is 147 Å². The summed E-state index contributed by atoms with van der Waals surface area (Å²) in [5.41, 5.74) is 24.6. The second kappa shape index (κ2) is 22.8. The minimum Gasteiger partial charge on any atom is -0.310 e. The van der Waals surface area contributed by atoms with Crippen LogP contribution in [-0.4, -0.2) is 14.1 Å². The van der Waals surface area contributed by atoms with Gasteiger partial charge >= 0.3 is 306 Å². The van der Waals surface area contributed by atoms with Crippen molar-refractivity contribution in [1.82, 2.24) is 14.1 Å². The molecule has 13 aromatic rings. The number of nitrogens with zero attached hydrogens (tertiary/aromatic N) is 5. The summed E-state index contributed by atoms with van der Waals surface area (Å²) in [4.78, 5) is 10.3. The van der Waals surface area contributed by atoms with Crippen molar-refractivity contribution >= 4 is 45.3 Å². The van der Waals surface area contributed by atoms with Crippen LogP contribution in [0.15, 0.2) is 261 Å². The topological polar surface area (TPSA) is 38.5 Å². The molecular formula is C86H73N5OPt-2. The molecule has 0 atom stereocenters. The third-order valence-electron chi connectivity index (χ3n) is 18.8. The Kier molecular flexibility index (Phi) is 14.5. The SMILES string of the molecule is Cc1cc(N2c3[c-]c(Oc4[c-]c(-n5[c](=[Pt])n(-c6c(-c7ccccc7)cccc6-c6ccccc6)c6ccccc65)ccc4)ccc3C3(c4ccccc42)c2ccccc2N(c2cc(C(C)(C)C)cc(C(C)(C)C)c2)c2ccccc23)ncc1-c1ccc(C(C)(C)C)cc1. The Morgan fingerprint density at radius 2 is 0.892 bits per heavy atom. The van der Waals surface area contributed by atoms with Crippen molar-refractivity contribution in [3.8, 4) is 56.3 Å². The van der Waals surface area contributed by atoms with Crippen LogP contribution in [0.3, 0.4) is 0 Å². The fraction of sp³-hybridized carbons (Fsp3) is 0.163. The molecule has 2 aliphatic rings. The van der Waals surface area contributed by atoms with Crippen molar-refractivity contribution in [1.29, 1.82) is 0 Å². The van der Waals surface area contributed by atoms with Crippen LogP contribution >= 0.6 is 0 Å². The monoisotopic (exact) mass is 1390 g/mol. The molecule has 93 heavy (non-hydrogen) atoms. The van der Waals surface area contributed by atoms with Crippen LogP contribution in [0.5, 0.6) is 11.5 Å². The van der Waals surface area contributed by atoms with Gasteiger partial charge in [0.25, 0.3) is 0 Å². The van der Waals surface area contributed by atoms with E-state index in [1.54, 1.807) is 0 Å². The van der Waals surface area contributed by atoms with Crippen LogP contribution in [0.1, 0.15) is 107 Å². The number of hydrogen-bond acceptors (Lipinski definition) is 4. The molecule has 0 amide bonds. The number of pyridine rings is 1. The van der Waals surface area contributed by atoms with E-state index in [2.05, 4.69) is 368 Å². The van der Waals surface area contributed by atoms with E-state index in [0.717, 1.165) is 111 Å². The number of hydrogen-bond donors (Lipinski definition) is 0. The summed E-state index contributed by atoms with van der Waals surface area (Å²) < 4.78 is 12.9. The van der Waals surface area contributed by atoms with Crippen LogP contribution in [0.25, 0.3) is 55.8 Å². The van der Waals surface area contributed by atoms with E-state index >= 15 is 0 Å². The Bertz CT molecular complexity index is 4980. The van der Waals surface area contributed by atoms with Gasteiger partial charge in [-0.3, -0.25) is 0 Å². The Balaban J connectivity index is 0.914. The Morgan fingerprint density at radius 1 is 0.409 bits per heavy atom. The van der Waals surface area contributed by atoms with Crippen molar-refractivity contribution in [2.45, 2.75) is 90.9 Å². The number of aryl methyl sites for hydroxylation is 1.